The number of ether oxygens (including phenoxy) is 1. The Morgan fingerprint density at radius 3 is 2.00 bits per heavy atom. The first kappa shape index (κ1) is 17.0. The quantitative estimate of drug-likeness (QED) is 0.757. The molecule has 1 aromatic carbocycles. The molecule has 0 bridgehead atoms. The van der Waals surface area contributed by atoms with Crippen LogP contribution in [0.2, 0.25) is 0 Å². The van der Waals surface area contributed by atoms with E-state index in [0.29, 0.717) is 17.8 Å². The van der Waals surface area contributed by atoms with E-state index in [1.54, 1.807) is 0 Å². The van der Waals surface area contributed by atoms with Crippen LogP contribution in [0.3, 0.4) is 0 Å². The van der Waals surface area contributed by atoms with Crippen LogP contribution in [-0.4, -0.2) is 19.2 Å². The monoisotopic (exact) mass is 277 g/mol. The molecule has 1 N–H and O–H groups in total. The summed E-state index contributed by atoms with van der Waals surface area (Å²) < 4.78 is 5.69. The third kappa shape index (κ3) is 5.96. The van der Waals surface area contributed by atoms with Crippen LogP contribution in [0.15, 0.2) is 24.3 Å². The average Bonchev–Trinajstić information content (AvgIpc) is 2.37. The van der Waals surface area contributed by atoms with E-state index >= 15 is 0 Å². The highest BCUT2D eigenvalue weighted by Crippen LogP contribution is 2.25. The van der Waals surface area contributed by atoms with Crippen molar-refractivity contribution in [1.29, 1.82) is 0 Å². The lowest BCUT2D eigenvalue weighted by Gasteiger charge is -2.22. The van der Waals surface area contributed by atoms with Crippen molar-refractivity contribution in [2.75, 3.05) is 13.1 Å². The highest BCUT2D eigenvalue weighted by Gasteiger charge is 2.14. The summed E-state index contributed by atoms with van der Waals surface area (Å²) in [7, 11) is 0. The van der Waals surface area contributed by atoms with Crippen molar-refractivity contribution in [1.82, 2.24) is 5.32 Å². The van der Waals surface area contributed by atoms with E-state index in [2.05, 4.69) is 71.1 Å². The molecule has 2 atom stereocenters. The van der Waals surface area contributed by atoms with Crippen molar-refractivity contribution >= 4 is 0 Å². The van der Waals surface area contributed by atoms with Crippen molar-refractivity contribution in [3.8, 4) is 5.75 Å². The number of rotatable bonds is 8. The highest BCUT2D eigenvalue weighted by atomic mass is 16.5. The number of hydrogen-bond acceptors (Lipinski definition) is 2. The van der Waals surface area contributed by atoms with Crippen LogP contribution in [0, 0.1) is 11.8 Å². The van der Waals surface area contributed by atoms with Gasteiger partial charge in [0.05, 0.1) is 6.10 Å². The molecule has 0 aliphatic rings. The van der Waals surface area contributed by atoms with Gasteiger partial charge in [-0.2, -0.15) is 0 Å². The molecule has 0 heterocycles. The van der Waals surface area contributed by atoms with Crippen LogP contribution in [0.25, 0.3) is 0 Å². The third-order valence-electron chi connectivity index (χ3n) is 3.65. The molecule has 2 unspecified atom stereocenters. The lowest BCUT2D eigenvalue weighted by Crippen LogP contribution is -2.27. The minimum atomic E-state index is 0.234. The molecule has 0 amide bonds. The van der Waals surface area contributed by atoms with Gasteiger partial charge in [0.15, 0.2) is 0 Å². The van der Waals surface area contributed by atoms with Crippen LogP contribution >= 0.6 is 0 Å². The van der Waals surface area contributed by atoms with E-state index in [9.17, 15) is 0 Å². The van der Waals surface area contributed by atoms with Gasteiger partial charge in [-0.05, 0) is 62.4 Å². The average molecular weight is 277 g/mol. The summed E-state index contributed by atoms with van der Waals surface area (Å²) in [5.41, 5.74) is 1.39. The van der Waals surface area contributed by atoms with E-state index in [-0.39, 0.29) is 6.10 Å². The van der Waals surface area contributed by atoms with Gasteiger partial charge in [-0.3, -0.25) is 0 Å². The van der Waals surface area contributed by atoms with Gasteiger partial charge < -0.3 is 10.1 Å². The first-order chi connectivity index (χ1) is 9.40. The van der Waals surface area contributed by atoms with Crippen molar-refractivity contribution in [2.24, 2.45) is 11.8 Å². The second-order valence-electron chi connectivity index (χ2n) is 6.55. The van der Waals surface area contributed by atoms with Crippen LogP contribution in [-0.2, 0) is 0 Å². The van der Waals surface area contributed by atoms with E-state index in [0.717, 1.165) is 18.8 Å². The molecule has 0 saturated heterocycles. The van der Waals surface area contributed by atoms with Gasteiger partial charge in [-0.1, -0.05) is 39.8 Å². The Kier molecular flexibility index (Phi) is 7.08. The number of benzene rings is 1. The fourth-order valence-corrected chi connectivity index (χ4v) is 2.23. The molecule has 0 aliphatic heterocycles. The Balaban J connectivity index is 2.51. The second kappa shape index (κ2) is 8.31. The zero-order chi connectivity index (χ0) is 15.1. The van der Waals surface area contributed by atoms with E-state index in [1.807, 2.05) is 0 Å². The second-order valence-corrected chi connectivity index (χ2v) is 6.55. The predicted octanol–water partition coefficient (Wildman–Crippen LogP) is 4.46. The number of nitrogens with one attached hydrogen (secondary N) is 1. The Hall–Kier alpha value is -1.02. The zero-order valence-electron chi connectivity index (χ0n) is 13.9. The minimum Gasteiger partial charge on any atom is -0.491 e. The summed E-state index contributed by atoms with van der Waals surface area (Å²) in [6.45, 7) is 15.4. The maximum Gasteiger partial charge on any atom is 0.119 e. The Morgan fingerprint density at radius 1 is 0.900 bits per heavy atom. The SMILES string of the molecule is CC(C)CNCC(C)C(C)c1ccc(OC(C)C)cc1. The zero-order valence-corrected chi connectivity index (χ0v) is 13.9. The Morgan fingerprint density at radius 2 is 1.50 bits per heavy atom. The standard InChI is InChI=1S/C18H31NO/c1-13(2)11-19-12-15(5)16(6)17-7-9-18(10-8-17)20-14(3)4/h7-10,13-16,19H,11-12H2,1-6H3. The molecular formula is C18H31NO. The van der Waals surface area contributed by atoms with E-state index in [1.165, 1.54) is 5.56 Å². The maximum atomic E-state index is 5.69. The van der Waals surface area contributed by atoms with Gasteiger partial charge in [0.25, 0.3) is 0 Å². The molecule has 0 aliphatic carbocycles. The minimum absolute atomic E-state index is 0.234. The van der Waals surface area contributed by atoms with Crippen LogP contribution in [0.5, 0.6) is 5.75 Å². The van der Waals surface area contributed by atoms with Crippen molar-refractivity contribution in [3.63, 3.8) is 0 Å². The molecular weight excluding hydrogens is 246 g/mol. The molecule has 114 valence electrons. The maximum absolute atomic E-state index is 5.69. The summed E-state index contributed by atoms with van der Waals surface area (Å²) in [6.07, 6.45) is 0.234. The van der Waals surface area contributed by atoms with Gasteiger partial charge in [0.2, 0.25) is 0 Å². The lowest BCUT2D eigenvalue weighted by atomic mass is 9.89. The topological polar surface area (TPSA) is 21.3 Å². The molecule has 1 rings (SSSR count). The van der Waals surface area contributed by atoms with Gasteiger partial charge >= 0.3 is 0 Å². The third-order valence-corrected chi connectivity index (χ3v) is 3.65. The van der Waals surface area contributed by atoms with E-state index < -0.39 is 0 Å². The van der Waals surface area contributed by atoms with Crippen LogP contribution in [0.4, 0.5) is 0 Å². The van der Waals surface area contributed by atoms with E-state index in [4.69, 9.17) is 4.74 Å². The largest absolute Gasteiger partial charge is 0.491 e. The van der Waals surface area contributed by atoms with Gasteiger partial charge in [-0.25, -0.2) is 0 Å². The van der Waals surface area contributed by atoms with Gasteiger partial charge in [0.1, 0.15) is 5.75 Å². The predicted molar refractivity (Wildman–Crippen MR) is 87.5 cm³/mol. The van der Waals surface area contributed by atoms with Gasteiger partial charge in [0, 0.05) is 0 Å². The normalized spacial score (nSPS) is 14.6. The molecule has 20 heavy (non-hydrogen) atoms. The van der Waals surface area contributed by atoms with Gasteiger partial charge in [-0.15, -0.1) is 0 Å². The summed E-state index contributed by atoms with van der Waals surface area (Å²) in [5.74, 6) is 2.86. The summed E-state index contributed by atoms with van der Waals surface area (Å²) >= 11 is 0. The number of hydrogen-bond donors (Lipinski definition) is 1. The molecule has 0 saturated carbocycles. The van der Waals surface area contributed by atoms with Crippen molar-refractivity contribution < 1.29 is 4.74 Å². The molecule has 0 radical (unpaired) electrons. The van der Waals surface area contributed by atoms with Crippen molar-refractivity contribution in [2.45, 2.75) is 53.6 Å². The molecule has 2 nitrogen and oxygen atoms in total. The lowest BCUT2D eigenvalue weighted by molar-refractivity contribution is 0.242. The van der Waals surface area contributed by atoms with Crippen molar-refractivity contribution in [3.05, 3.63) is 29.8 Å². The molecule has 0 spiro atoms. The fourth-order valence-electron chi connectivity index (χ4n) is 2.23. The Labute approximate surface area is 124 Å². The van der Waals surface area contributed by atoms with Crippen LogP contribution < -0.4 is 10.1 Å². The summed E-state index contributed by atoms with van der Waals surface area (Å²) in [6, 6.07) is 8.56. The summed E-state index contributed by atoms with van der Waals surface area (Å²) in [4.78, 5) is 0. The first-order valence-electron chi connectivity index (χ1n) is 7.87. The Bertz CT molecular complexity index is 370. The fraction of sp³-hybridized carbons (Fsp3) is 0.667. The van der Waals surface area contributed by atoms with Crippen LogP contribution in [0.1, 0.15) is 53.0 Å². The highest BCUT2D eigenvalue weighted by molar-refractivity contribution is 5.29. The molecule has 2 heteroatoms. The first-order valence-corrected chi connectivity index (χ1v) is 7.87. The molecule has 0 fully saturated rings. The molecule has 1 aromatic rings. The summed E-state index contributed by atoms with van der Waals surface area (Å²) in [5, 5.41) is 3.55. The smallest absolute Gasteiger partial charge is 0.119 e. The molecule has 0 aromatic heterocycles.